The van der Waals surface area contributed by atoms with Crippen molar-refractivity contribution in [3.05, 3.63) is 64.7 Å². The predicted octanol–water partition coefficient (Wildman–Crippen LogP) is 4.73. The first kappa shape index (κ1) is 30.0. The number of aldehydes is 1. The standard InChI is InChI=1S/C34H44N4O4/c1-22-15-25-17-26(16-22)19-34(2,18-25)36-14-13-23-7-9-24(10-8-23)20-35-28-6-4-5-27(21-39)31(28)33(42)38(3)29-11-12-30(40)37-32(29)41/h4-10,21-22,25-26,29,35-36H,11-20H2,1-3H3,(H,37,40,41). The second-order valence-corrected chi connectivity index (χ2v) is 13.1. The second kappa shape index (κ2) is 12.8. The summed E-state index contributed by atoms with van der Waals surface area (Å²) in [6, 6.07) is 12.8. The monoisotopic (exact) mass is 572 g/mol. The van der Waals surface area contributed by atoms with Crippen LogP contribution in [0.4, 0.5) is 5.69 Å². The van der Waals surface area contributed by atoms with Gasteiger partial charge in [0.05, 0.1) is 5.56 Å². The lowest BCUT2D eigenvalue weighted by Crippen LogP contribution is -2.53. The van der Waals surface area contributed by atoms with Gasteiger partial charge in [0, 0.05) is 36.8 Å². The molecule has 0 aromatic heterocycles. The van der Waals surface area contributed by atoms with Crippen LogP contribution in [0.2, 0.25) is 0 Å². The number of carbonyl (C=O) groups is 4. The fourth-order valence-electron chi connectivity index (χ4n) is 7.69. The van der Waals surface area contributed by atoms with Crippen LogP contribution >= 0.6 is 0 Å². The Bertz CT molecular complexity index is 1310. The Balaban J connectivity index is 1.17. The van der Waals surface area contributed by atoms with E-state index in [0.29, 0.717) is 18.5 Å². The minimum Gasteiger partial charge on any atom is -0.380 e. The lowest BCUT2D eigenvalue weighted by molar-refractivity contribution is -0.136. The SMILES string of the molecule is CC1CC2CC(C1)CC(C)(NCCc1ccc(CNc3cccc(C=O)c3C(=O)N(C)C3CCC(=O)NC3=O)cc1)C2. The van der Waals surface area contributed by atoms with Crippen molar-refractivity contribution >= 4 is 29.7 Å². The van der Waals surface area contributed by atoms with E-state index in [4.69, 9.17) is 0 Å². The molecule has 3 fully saturated rings. The van der Waals surface area contributed by atoms with Crippen LogP contribution in [0.15, 0.2) is 42.5 Å². The predicted molar refractivity (Wildman–Crippen MR) is 163 cm³/mol. The zero-order valence-electron chi connectivity index (χ0n) is 25.1. The Morgan fingerprint density at radius 2 is 1.74 bits per heavy atom. The summed E-state index contributed by atoms with van der Waals surface area (Å²) in [6.45, 7) is 6.27. The Morgan fingerprint density at radius 3 is 2.40 bits per heavy atom. The quantitative estimate of drug-likeness (QED) is 0.281. The number of imide groups is 1. The van der Waals surface area contributed by atoms with E-state index in [0.717, 1.165) is 36.3 Å². The maximum Gasteiger partial charge on any atom is 0.257 e. The molecule has 1 saturated heterocycles. The summed E-state index contributed by atoms with van der Waals surface area (Å²) in [5, 5.41) is 9.51. The molecule has 1 aliphatic heterocycles. The molecule has 2 aromatic carbocycles. The largest absolute Gasteiger partial charge is 0.380 e. The van der Waals surface area contributed by atoms with Crippen LogP contribution < -0.4 is 16.0 Å². The van der Waals surface area contributed by atoms with E-state index >= 15 is 0 Å². The Hall–Kier alpha value is -3.52. The van der Waals surface area contributed by atoms with Crippen LogP contribution in [-0.2, 0) is 22.6 Å². The van der Waals surface area contributed by atoms with Crippen LogP contribution in [0.5, 0.6) is 0 Å². The summed E-state index contributed by atoms with van der Waals surface area (Å²) in [6.07, 6.45) is 8.81. The smallest absolute Gasteiger partial charge is 0.257 e. The second-order valence-electron chi connectivity index (χ2n) is 13.1. The molecule has 1 heterocycles. The average Bonchev–Trinajstić information content (AvgIpc) is 2.95. The molecular weight excluding hydrogens is 528 g/mol. The summed E-state index contributed by atoms with van der Waals surface area (Å²) in [5.41, 5.74) is 3.58. The van der Waals surface area contributed by atoms with Gasteiger partial charge in [-0.1, -0.05) is 43.3 Å². The zero-order chi connectivity index (χ0) is 29.9. The van der Waals surface area contributed by atoms with Gasteiger partial charge >= 0.3 is 0 Å². The van der Waals surface area contributed by atoms with Crippen LogP contribution in [0.3, 0.4) is 0 Å². The van der Waals surface area contributed by atoms with Crippen molar-refractivity contribution in [2.45, 2.75) is 83.3 Å². The zero-order valence-corrected chi connectivity index (χ0v) is 25.1. The fraction of sp³-hybridized carbons (Fsp3) is 0.529. The molecule has 2 aromatic rings. The third-order valence-corrected chi connectivity index (χ3v) is 9.52. The number of carbonyl (C=O) groups excluding carboxylic acids is 4. The number of benzene rings is 2. The van der Waals surface area contributed by atoms with Crippen molar-refractivity contribution in [3.63, 3.8) is 0 Å². The van der Waals surface area contributed by atoms with E-state index in [1.54, 1.807) is 18.2 Å². The molecule has 3 N–H and O–H groups in total. The third-order valence-electron chi connectivity index (χ3n) is 9.52. The highest BCUT2D eigenvalue weighted by Crippen LogP contribution is 2.46. The highest BCUT2D eigenvalue weighted by atomic mass is 16.2. The molecule has 42 heavy (non-hydrogen) atoms. The Morgan fingerprint density at radius 1 is 1.05 bits per heavy atom. The number of piperidine rings is 1. The number of rotatable bonds is 10. The number of likely N-dealkylation sites (N-methyl/N-ethyl adjacent to an activating group) is 1. The molecule has 224 valence electrons. The Labute approximate surface area is 249 Å². The van der Waals surface area contributed by atoms with Gasteiger partial charge in [0.15, 0.2) is 6.29 Å². The fourth-order valence-corrected chi connectivity index (χ4v) is 7.69. The van der Waals surface area contributed by atoms with Gasteiger partial charge in [-0.2, -0.15) is 0 Å². The van der Waals surface area contributed by atoms with Gasteiger partial charge < -0.3 is 15.5 Å². The number of nitrogens with one attached hydrogen (secondary N) is 3. The van der Waals surface area contributed by atoms with Crippen LogP contribution in [-0.4, -0.2) is 54.1 Å². The van der Waals surface area contributed by atoms with Crippen LogP contribution in [0.25, 0.3) is 0 Å². The van der Waals surface area contributed by atoms with E-state index < -0.39 is 17.9 Å². The molecule has 5 rings (SSSR count). The third kappa shape index (κ3) is 6.92. The first-order valence-electron chi connectivity index (χ1n) is 15.4. The van der Waals surface area contributed by atoms with Crippen LogP contribution in [0, 0.1) is 17.8 Å². The average molecular weight is 573 g/mol. The number of fused-ring (bicyclic) bond motifs is 2. The normalized spacial score (nSPS) is 27.2. The van der Waals surface area contributed by atoms with Gasteiger partial charge in [0.2, 0.25) is 11.8 Å². The van der Waals surface area contributed by atoms with Crippen molar-refractivity contribution in [3.8, 4) is 0 Å². The number of amides is 3. The first-order chi connectivity index (χ1) is 20.1. The lowest BCUT2D eigenvalue weighted by Gasteiger charge is -2.47. The van der Waals surface area contributed by atoms with E-state index in [-0.39, 0.29) is 35.4 Å². The van der Waals surface area contributed by atoms with Gasteiger partial charge in [-0.25, -0.2) is 0 Å². The minimum absolute atomic E-state index is 0.167. The molecule has 0 radical (unpaired) electrons. The van der Waals surface area contributed by atoms with E-state index in [2.05, 4.69) is 54.1 Å². The summed E-state index contributed by atoms with van der Waals surface area (Å²) in [4.78, 5) is 50.6. The highest BCUT2D eigenvalue weighted by Gasteiger charge is 2.40. The molecule has 0 spiro atoms. The van der Waals surface area contributed by atoms with Gasteiger partial charge in [0.1, 0.15) is 6.04 Å². The maximum atomic E-state index is 13.5. The molecule has 3 atom stereocenters. The number of hydrogen-bond donors (Lipinski definition) is 3. The van der Waals surface area contributed by atoms with Crippen molar-refractivity contribution in [1.82, 2.24) is 15.5 Å². The molecule has 8 nitrogen and oxygen atoms in total. The van der Waals surface area contributed by atoms with Gasteiger partial charge in [-0.3, -0.25) is 24.5 Å². The highest BCUT2D eigenvalue weighted by molar-refractivity contribution is 6.08. The molecule has 2 aliphatic carbocycles. The van der Waals surface area contributed by atoms with Crippen molar-refractivity contribution in [2.75, 3.05) is 18.9 Å². The van der Waals surface area contributed by atoms with E-state index in [1.807, 2.05) is 0 Å². The van der Waals surface area contributed by atoms with Crippen molar-refractivity contribution in [2.24, 2.45) is 17.8 Å². The molecule has 3 amide bonds. The lowest BCUT2D eigenvalue weighted by atomic mass is 9.62. The Kier molecular flexibility index (Phi) is 9.11. The molecular formula is C34H44N4O4. The molecule has 8 heteroatoms. The summed E-state index contributed by atoms with van der Waals surface area (Å²) >= 11 is 0. The van der Waals surface area contributed by atoms with Crippen molar-refractivity contribution in [1.29, 1.82) is 0 Å². The van der Waals surface area contributed by atoms with Crippen molar-refractivity contribution < 1.29 is 19.2 Å². The van der Waals surface area contributed by atoms with Gasteiger partial charge in [0.25, 0.3) is 5.91 Å². The number of nitrogens with zero attached hydrogens (tertiary/aromatic N) is 1. The molecule has 2 saturated carbocycles. The topological polar surface area (TPSA) is 108 Å². The number of anilines is 1. The van der Waals surface area contributed by atoms with E-state index in [9.17, 15) is 19.2 Å². The summed E-state index contributed by atoms with van der Waals surface area (Å²) < 4.78 is 0. The van der Waals surface area contributed by atoms with Crippen LogP contribution in [0.1, 0.15) is 90.6 Å². The maximum absolute atomic E-state index is 13.5. The molecule has 3 unspecified atom stereocenters. The molecule has 2 bridgehead atoms. The minimum atomic E-state index is -0.770. The molecule has 3 aliphatic rings. The first-order valence-corrected chi connectivity index (χ1v) is 15.4. The summed E-state index contributed by atoms with van der Waals surface area (Å²) in [5.74, 6) is 1.34. The summed E-state index contributed by atoms with van der Waals surface area (Å²) in [7, 11) is 1.53. The van der Waals surface area contributed by atoms with E-state index in [1.165, 1.54) is 49.6 Å². The number of hydrogen-bond acceptors (Lipinski definition) is 6. The van der Waals surface area contributed by atoms with Gasteiger partial charge in [-0.05, 0) is 93.4 Å². The van der Waals surface area contributed by atoms with Gasteiger partial charge in [-0.15, -0.1) is 0 Å².